The molecule has 0 bridgehead atoms. The quantitative estimate of drug-likeness (QED) is 0.600. The average molecular weight is 226 g/mol. The minimum atomic E-state index is -0.225. The number of carbonyl (C=O) groups excluding carboxylic acids is 1. The molecule has 6 heteroatoms. The summed E-state index contributed by atoms with van der Waals surface area (Å²) in [6.07, 6.45) is 3.78. The number of nitrogens with two attached hydrogens (primary N) is 1. The number of imidazole rings is 1. The van der Waals surface area contributed by atoms with Gasteiger partial charge in [-0.25, -0.2) is 4.98 Å². The van der Waals surface area contributed by atoms with Crippen LogP contribution in [0.2, 0.25) is 0 Å². The van der Waals surface area contributed by atoms with Gasteiger partial charge in [0, 0.05) is 31.9 Å². The standard InChI is InChI=1S/C10H18N4O2/c1-8(2-5-15)13-10(16)9-6-14(4-3-11)7-12-9/h6-8,15H,2-5,11H2,1H3,(H,13,16). The van der Waals surface area contributed by atoms with Crippen molar-refractivity contribution in [2.75, 3.05) is 13.2 Å². The molecule has 0 saturated heterocycles. The van der Waals surface area contributed by atoms with Crippen LogP contribution in [0.1, 0.15) is 23.8 Å². The molecule has 0 saturated carbocycles. The molecule has 4 N–H and O–H groups in total. The maximum Gasteiger partial charge on any atom is 0.271 e. The van der Waals surface area contributed by atoms with Gasteiger partial charge in [0.15, 0.2) is 0 Å². The summed E-state index contributed by atoms with van der Waals surface area (Å²) in [7, 11) is 0. The maximum atomic E-state index is 11.6. The van der Waals surface area contributed by atoms with Crippen molar-refractivity contribution in [2.24, 2.45) is 5.73 Å². The molecule has 1 amide bonds. The predicted molar refractivity (Wildman–Crippen MR) is 59.9 cm³/mol. The van der Waals surface area contributed by atoms with Crippen molar-refractivity contribution in [3.8, 4) is 0 Å². The molecule has 1 aromatic heterocycles. The van der Waals surface area contributed by atoms with Gasteiger partial charge in [-0.2, -0.15) is 0 Å². The Morgan fingerprint density at radius 3 is 3.12 bits per heavy atom. The molecular formula is C10H18N4O2. The zero-order chi connectivity index (χ0) is 12.0. The van der Waals surface area contributed by atoms with E-state index in [9.17, 15) is 4.79 Å². The fourth-order valence-corrected chi connectivity index (χ4v) is 1.31. The molecule has 0 aliphatic heterocycles. The molecule has 1 unspecified atom stereocenters. The van der Waals surface area contributed by atoms with Crippen molar-refractivity contribution in [2.45, 2.75) is 25.9 Å². The summed E-state index contributed by atoms with van der Waals surface area (Å²) in [6, 6.07) is -0.0582. The summed E-state index contributed by atoms with van der Waals surface area (Å²) >= 11 is 0. The van der Waals surface area contributed by atoms with Crippen molar-refractivity contribution in [3.63, 3.8) is 0 Å². The van der Waals surface area contributed by atoms with E-state index in [1.165, 1.54) is 0 Å². The molecule has 1 atom stereocenters. The molecule has 1 aromatic rings. The van der Waals surface area contributed by atoms with E-state index in [4.69, 9.17) is 10.8 Å². The van der Waals surface area contributed by atoms with Crippen LogP contribution in [0.5, 0.6) is 0 Å². The van der Waals surface area contributed by atoms with E-state index in [1.807, 2.05) is 6.92 Å². The lowest BCUT2D eigenvalue weighted by Crippen LogP contribution is -2.33. The van der Waals surface area contributed by atoms with Crippen LogP contribution in [0, 0.1) is 0 Å². The maximum absolute atomic E-state index is 11.6. The predicted octanol–water partition coefficient (Wildman–Crippen LogP) is -0.657. The summed E-state index contributed by atoms with van der Waals surface area (Å²) in [4.78, 5) is 15.6. The highest BCUT2D eigenvalue weighted by atomic mass is 16.3. The summed E-state index contributed by atoms with van der Waals surface area (Å²) in [5, 5.41) is 11.5. The highest BCUT2D eigenvalue weighted by Crippen LogP contribution is 1.98. The summed E-state index contributed by atoms with van der Waals surface area (Å²) < 4.78 is 1.77. The lowest BCUT2D eigenvalue weighted by Gasteiger charge is -2.10. The Morgan fingerprint density at radius 2 is 2.50 bits per heavy atom. The van der Waals surface area contributed by atoms with Gasteiger partial charge in [0.25, 0.3) is 5.91 Å². The number of rotatable bonds is 6. The van der Waals surface area contributed by atoms with E-state index in [0.717, 1.165) is 0 Å². The van der Waals surface area contributed by atoms with Gasteiger partial charge in [-0.05, 0) is 13.3 Å². The van der Waals surface area contributed by atoms with Crippen LogP contribution in [-0.4, -0.2) is 39.8 Å². The highest BCUT2D eigenvalue weighted by Gasteiger charge is 2.11. The van der Waals surface area contributed by atoms with Crippen molar-refractivity contribution in [1.82, 2.24) is 14.9 Å². The Hall–Kier alpha value is -1.40. The first kappa shape index (κ1) is 12.7. The van der Waals surface area contributed by atoms with Gasteiger partial charge in [0.05, 0.1) is 6.33 Å². The van der Waals surface area contributed by atoms with E-state index in [2.05, 4.69) is 10.3 Å². The Morgan fingerprint density at radius 1 is 1.75 bits per heavy atom. The van der Waals surface area contributed by atoms with E-state index < -0.39 is 0 Å². The van der Waals surface area contributed by atoms with E-state index in [0.29, 0.717) is 25.2 Å². The van der Waals surface area contributed by atoms with Crippen LogP contribution in [0.25, 0.3) is 0 Å². The van der Waals surface area contributed by atoms with E-state index in [-0.39, 0.29) is 18.6 Å². The topological polar surface area (TPSA) is 93.2 Å². The van der Waals surface area contributed by atoms with Crippen molar-refractivity contribution < 1.29 is 9.90 Å². The van der Waals surface area contributed by atoms with Crippen molar-refractivity contribution >= 4 is 5.91 Å². The number of nitrogens with zero attached hydrogens (tertiary/aromatic N) is 2. The largest absolute Gasteiger partial charge is 0.396 e. The molecule has 0 fully saturated rings. The minimum absolute atomic E-state index is 0.0582. The fourth-order valence-electron chi connectivity index (χ4n) is 1.31. The first-order valence-corrected chi connectivity index (χ1v) is 5.31. The number of aliphatic hydroxyl groups excluding tert-OH is 1. The average Bonchev–Trinajstić information content (AvgIpc) is 2.67. The lowest BCUT2D eigenvalue weighted by atomic mass is 10.2. The Kier molecular flexibility index (Phi) is 4.94. The molecular weight excluding hydrogens is 208 g/mol. The first-order chi connectivity index (χ1) is 7.67. The van der Waals surface area contributed by atoms with Gasteiger partial charge < -0.3 is 20.7 Å². The van der Waals surface area contributed by atoms with E-state index in [1.54, 1.807) is 17.1 Å². The minimum Gasteiger partial charge on any atom is -0.396 e. The second-order valence-electron chi connectivity index (χ2n) is 3.67. The van der Waals surface area contributed by atoms with Crippen LogP contribution >= 0.6 is 0 Å². The molecule has 0 spiro atoms. The second kappa shape index (κ2) is 6.24. The number of aromatic nitrogens is 2. The third kappa shape index (κ3) is 3.63. The molecule has 6 nitrogen and oxygen atoms in total. The number of aliphatic hydroxyl groups is 1. The third-order valence-electron chi connectivity index (χ3n) is 2.19. The number of hydrogen-bond acceptors (Lipinski definition) is 4. The Labute approximate surface area is 94.5 Å². The summed E-state index contributed by atoms with van der Waals surface area (Å²) in [5.41, 5.74) is 5.76. The first-order valence-electron chi connectivity index (χ1n) is 5.31. The van der Waals surface area contributed by atoms with Gasteiger partial charge in [-0.15, -0.1) is 0 Å². The smallest absolute Gasteiger partial charge is 0.271 e. The molecule has 90 valence electrons. The molecule has 1 heterocycles. The van der Waals surface area contributed by atoms with Gasteiger partial charge in [0.2, 0.25) is 0 Å². The Balaban J connectivity index is 2.52. The van der Waals surface area contributed by atoms with Crippen molar-refractivity contribution in [3.05, 3.63) is 18.2 Å². The molecule has 0 aliphatic carbocycles. The van der Waals surface area contributed by atoms with Gasteiger partial charge in [-0.1, -0.05) is 0 Å². The second-order valence-corrected chi connectivity index (χ2v) is 3.67. The lowest BCUT2D eigenvalue weighted by molar-refractivity contribution is 0.0929. The molecule has 1 rings (SSSR count). The van der Waals surface area contributed by atoms with Gasteiger partial charge >= 0.3 is 0 Å². The van der Waals surface area contributed by atoms with Gasteiger partial charge in [-0.3, -0.25) is 4.79 Å². The summed E-state index contributed by atoms with van der Waals surface area (Å²) in [5.74, 6) is -0.225. The molecule has 0 aromatic carbocycles. The molecule has 0 aliphatic rings. The zero-order valence-corrected chi connectivity index (χ0v) is 9.39. The van der Waals surface area contributed by atoms with Crippen LogP contribution in [-0.2, 0) is 6.54 Å². The Bertz CT molecular complexity index is 337. The molecule has 16 heavy (non-hydrogen) atoms. The monoisotopic (exact) mass is 226 g/mol. The van der Waals surface area contributed by atoms with Gasteiger partial charge in [0.1, 0.15) is 5.69 Å². The number of amides is 1. The highest BCUT2D eigenvalue weighted by molar-refractivity contribution is 5.92. The number of nitrogens with one attached hydrogen (secondary N) is 1. The number of hydrogen-bond donors (Lipinski definition) is 3. The number of carbonyl (C=O) groups is 1. The van der Waals surface area contributed by atoms with Crippen LogP contribution in [0.3, 0.4) is 0 Å². The third-order valence-corrected chi connectivity index (χ3v) is 2.19. The van der Waals surface area contributed by atoms with Crippen LogP contribution < -0.4 is 11.1 Å². The summed E-state index contributed by atoms with van der Waals surface area (Å²) in [6.45, 7) is 3.05. The SMILES string of the molecule is CC(CCO)NC(=O)c1cn(CCN)cn1. The normalized spacial score (nSPS) is 12.4. The molecule has 0 radical (unpaired) electrons. The van der Waals surface area contributed by atoms with Crippen LogP contribution in [0.15, 0.2) is 12.5 Å². The van der Waals surface area contributed by atoms with Crippen LogP contribution in [0.4, 0.5) is 0 Å². The fraction of sp³-hybridized carbons (Fsp3) is 0.600. The van der Waals surface area contributed by atoms with E-state index >= 15 is 0 Å². The zero-order valence-electron chi connectivity index (χ0n) is 9.39. The van der Waals surface area contributed by atoms with Crippen molar-refractivity contribution in [1.29, 1.82) is 0 Å².